The average Bonchev–Trinajstić information content (AvgIpc) is 3.09. The van der Waals surface area contributed by atoms with Gasteiger partial charge in [0.2, 0.25) is 0 Å². The van der Waals surface area contributed by atoms with Crippen LogP contribution < -0.4 is 5.73 Å². The first-order chi connectivity index (χ1) is 11.7. The number of nitrogens with two attached hydrogens (primary N) is 1. The second-order valence-electron chi connectivity index (χ2n) is 5.68. The predicted molar refractivity (Wildman–Crippen MR) is 88.3 cm³/mol. The number of allylic oxidation sites excluding steroid dienone is 4. The molecule has 114 valence electrons. The molecule has 1 aliphatic carbocycles. The standard InChI is InChI=1S/C19H12N4O/c20-9-11-2-1-3-12(8-11)17-14-4-5-16-13(6-7-23-16)18(14)24-19(22)15(17)10-21/h1-8,17-18H,22H2. The van der Waals surface area contributed by atoms with Crippen LogP contribution in [0.5, 0.6) is 0 Å². The van der Waals surface area contributed by atoms with Crippen LogP contribution in [0.2, 0.25) is 0 Å². The molecule has 2 unspecified atom stereocenters. The summed E-state index contributed by atoms with van der Waals surface area (Å²) in [7, 11) is 0. The molecular weight excluding hydrogens is 300 g/mol. The molecule has 1 aromatic carbocycles. The number of fused-ring (bicyclic) bond motifs is 3. The number of hydrogen-bond donors (Lipinski definition) is 1. The highest BCUT2D eigenvalue weighted by Crippen LogP contribution is 2.45. The van der Waals surface area contributed by atoms with Crippen molar-refractivity contribution in [2.24, 2.45) is 10.7 Å². The zero-order valence-electron chi connectivity index (χ0n) is 12.6. The minimum atomic E-state index is -0.361. The third-order valence-electron chi connectivity index (χ3n) is 4.38. The fourth-order valence-electron chi connectivity index (χ4n) is 3.31. The minimum Gasteiger partial charge on any atom is -0.466 e. The van der Waals surface area contributed by atoms with Crippen LogP contribution in [0.3, 0.4) is 0 Å². The molecule has 0 bridgehead atoms. The van der Waals surface area contributed by atoms with Crippen LogP contribution in [0.1, 0.15) is 17.0 Å². The van der Waals surface area contributed by atoms with E-state index >= 15 is 0 Å². The van der Waals surface area contributed by atoms with E-state index in [1.54, 1.807) is 18.3 Å². The molecule has 0 aromatic heterocycles. The molecule has 2 N–H and O–H groups in total. The summed E-state index contributed by atoms with van der Waals surface area (Å²) >= 11 is 0. The van der Waals surface area contributed by atoms with Crippen LogP contribution in [0.15, 0.2) is 75.8 Å². The molecule has 2 aliphatic heterocycles. The first-order valence-corrected chi connectivity index (χ1v) is 7.45. The molecule has 0 radical (unpaired) electrons. The molecular formula is C19H12N4O. The van der Waals surface area contributed by atoms with E-state index in [1.165, 1.54) is 0 Å². The summed E-state index contributed by atoms with van der Waals surface area (Å²) in [6.45, 7) is 0. The Morgan fingerprint density at radius 3 is 2.79 bits per heavy atom. The summed E-state index contributed by atoms with van der Waals surface area (Å²) in [5.74, 6) is -0.206. The van der Waals surface area contributed by atoms with E-state index in [1.807, 2.05) is 30.4 Å². The molecule has 5 nitrogen and oxygen atoms in total. The van der Waals surface area contributed by atoms with Gasteiger partial charge in [-0.2, -0.15) is 10.5 Å². The van der Waals surface area contributed by atoms with Gasteiger partial charge in [-0.05, 0) is 35.4 Å². The number of rotatable bonds is 1. The van der Waals surface area contributed by atoms with Crippen LogP contribution in [-0.4, -0.2) is 12.3 Å². The normalized spacial score (nSPS) is 23.8. The smallest absolute Gasteiger partial charge is 0.200 e. The Hall–Kier alpha value is -3.57. The predicted octanol–water partition coefficient (Wildman–Crippen LogP) is 2.57. The quantitative estimate of drug-likeness (QED) is 0.862. The van der Waals surface area contributed by atoms with Crippen LogP contribution in [0.25, 0.3) is 0 Å². The van der Waals surface area contributed by atoms with Crippen molar-refractivity contribution in [1.29, 1.82) is 10.5 Å². The molecule has 0 saturated heterocycles. The van der Waals surface area contributed by atoms with Crippen LogP contribution in [-0.2, 0) is 4.74 Å². The van der Waals surface area contributed by atoms with Gasteiger partial charge in [0, 0.05) is 17.7 Å². The molecule has 1 aromatic rings. The number of nitriles is 2. The van der Waals surface area contributed by atoms with Crippen LogP contribution >= 0.6 is 0 Å². The largest absolute Gasteiger partial charge is 0.466 e. The zero-order valence-corrected chi connectivity index (χ0v) is 12.6. The van der Waals surface area contributed by atoms with Crippen molar-refractivity contribution in [1.82, 2.24) is 0 Å². The second kappa shape index (κ2) is 5.26. The van der Waals surface area contributed by atoms with Crippen LogP contribution in [0.4, 0.5) is 0 Å². The molecule has 0 fully saturated rings. The average molecular weight is 312 g/mol. The maximum Gasteiger partial charge on any atom is 0.200 e. The van der Waals surface area contributed by atoms with E-state index in [-0.39, 0.29) is 17.9 Å². The van der Waals surface area contributed by atoms with Crippen molar-refractivity contribution in [3.05, 3.63) is 81.9 Å². The fourth-order valence-corrected chi connectivity index (χ4v) is 3.31. The lowest BCUT2D eigenvalue weighted by atomic mass is 9.76. The van der Waals surface area contributed by atoms with Crippen molar-refractivity contribution in [2.45, 2.75) is 12.0 Å². The maximum atomic E-state index is 9.58. The summed E-state index contributed by atoms with van der Waals surface area (Å²) in [4.78, 5) is 4.29. The molecule has 2 heterocycles. The number of hydrogen-bond acceptors (Lipinski definition) is 5. The highest BCUT2D eigenvalue weighted by molar-refractivity contribution is 5.81. The maximum absolute atomic E-state index is 9.58. The van der Waals surface area contributed by atoms with Gasteiger partial charge < -0.3 is 10.5 Å². The van der Waals surface area contributed by atoms with Gasteiger partial charge in [0.05, 0.1) is 17.3 Å². The highest BCUT2D eigenvalue weighted by atomic mass is 16.5. The molecule has 3 aliphatic rings. The Balaban J connectivity index is 1.91. The Labute approximate surface area is 139 Å². The van der Waals surface area contributed by atoms with Gasteiger partial charge in [0.15, 0.2) is 5.88 Å². The number of nitrogens with zero attached hydrogens (tertiary/aromatic N) is 3. The lowest BCUT2D eigenvalue weighted by molar-refractivity contribution is 0.152. The summed E-state index contributed by atoms with van der Waals surface area (Å²) in [6, 6.07) is 11.5. The van der Waals surface area contributed by atoms with Gasteiger partial charge in [-0.15, -0.1) is 0 Å². The monoisotopic (exact) mass is 312 g/mol. The SMILES string of the molecule is N#CC1=C(N)OC2C3=CC=NC3=CC=C2C1c1cccc(C#N)c1. The highest BCUT2D eigenvalue weighted by Gasteiger charge is 2.40. The van der Waals surface area contributed by atoms with Crippen molar-refractivity contribution in [3.63, 3.8) is 0 Å². The first-order valence-electron chi connectivity index (χ1n) is 7.45. The Morgan fingerprint density at radius 1 is 1.12 bits per heavy atom. The molecule has 0 amide bonds. The van der Waals surface area contributed by atoms with Crippen LogP contribution in [0, 0.1) is 22.7 Å². The van der Waals surface area contributed by atoms with Gasteiger partial charge in [0.1, 0.15) is 17.7 Å². The van der Waals surface area contributed by atoms with E-state index in [0.717, 1.165) is 22.4 Å². The van der Waals surface area contributed by atoms with E-state index in [2.05, 4.69) is 17.1 Å². The molecule has 24 heavy (non-hydrogen) atoms. The van der Waals surface area contributed by atoms with Crippen molar-refractivity contribution in [3.8, 4) is 12.1 Å². The summed E-state index contributed by atoms with van der Waals surface area (Å²) in [5.41, 5.74) is 10.5. The Bertz CT molecular complexity index is 979. The van der Waals surface area contributed by atoms with Gasteiger partial charge >= 0.3 is 0 Å². The number of benzene rings is 1. The molecule has 5 heteroatoms. The molecule has 2 atom stereocenters. The lowest BCUT2D eigenvalue weighted by Gasteiger charge is -2.35. The van der Waals surface area contributed by atoms with Gasteiger partial charge in [0.25, 0.3) is 0 Å². The van der Waals surface area contributed by atoms with Crippen molar-refractivity contribution >= 4 is 6.21 Å². The van der Waals surface area contributed by atoms with E-state index < -0.39 is 0 Å². The molecule has 4 rings (SSSR count). The number of ether oxygens (including phenoxy) is 1. The molecule has 0 saturated carbocycles. The number of aliphatic imine (C=N–C) groups is 1. The van der Waals surface area contributed by atoms with Gasteiger partial charge in [-0.1, -0.05) is 18.2 Å². The zero-order chi connectivity index (χ0) is 16.7. The summed E-state index contributed by atoms with van der Waals surface area (Å²) < 4.78 is 5.83. The Kier molecular flexibility index (Phi) is 3.08. The lowest BCUT2D eigenvalue weighted by Crippen LogP contribution is -2.33. The van der Waals surface area contributed by atoms with Gasteiger partial charge in [-0.25, -0.2) is 0 Å². The van der Waals surface area contributed by atoms with Crippen molar-refractivity contribution < 1.29 is 4.74 Å². The fraction of sp³-hybridized carbons (Fsp3) is 0.105. The van der Waals surface area contributed by atoms with E-state index in [4.69, 9.17) is 15.7 Å². The topological polar surface area (TPSA) is 95.2 Å². The third-order valence-corrected chi connectivity index (χ3v) is 4.38. The van der Waals surface area contributed by atoms with Gasteiger partial charge in [-0.3, -0.25) is 4.99 Å². The minimum absolute atomic E-state index is 0.126. The van der Waals surface area contributed by atoms with E-state index in [0.29, 0.717) is 11.1 Å². The second-order valence-corrected chi connectivity index (χ2v) is 5.68. The summed E-state index contributed by atoms with van der Waals surface area (Å²) in [5, 5.41) is 18.7. The Morgan fingerprint density at radius 2 is 2.00 bits per heavy atom. The first kappa shape index (κ1) is 14.0. The third kappa shape index (κ3) is 1.96. The summed E-state index contributed by atoms with van der Waals surface area (Å²) in [6.07, 6.45) is 7.12. The van der Waals surface area contributed by atoms with Crippen molar-refractivity contribution in [2.75, 3.05) is 0 Å². The van der Waals surface area contributed by atoms with E-state index in [9.17, 15) is 5.26 Å². The molecule has 0 spiro atoms.